The molecule has 7 heterocycles. The molecule has 11 heteroatoms. The molecule has 0 bridgehead atoms. The second kappa shape index (κ2) is 37.9. The van der Waals surface area contributed by atoms with Crippen LogP contribution in [0.25, 0.3) is 244 Å². The predicted molar refractivity (Wildman–Crippen MR) is 570 cm³/mol. The SMILES string of the molecule is c1ccc(-c2cc3c(-c4ccccc4)nc(-c4cccnc4)nc3c3ccccc23)cc1.c1ccc(-c2nc(-c3ccccc3)c3cc(-c4cccc(-c5cccc6ccccc56)c4)c4ccccc4c3n2)cc1.c1ccc(-c2nc(-c3ccccc3)c3cc(-c4ccncc4)c4ccccc4c3n2)cc1.c1ccc(-c2nc(-c3ccccn3)c3cc(-c4ccccc4)c4ccccc4c3n2)cc1. The summed E-state index contributed by atoms with van der Waals surface area (Å²) in [5.41, 5.74) is 27.2. The second-order valence-corrected chi connectivity index (χ2v) is 33.8. The number of rotatable bonds is 13. The lowest BCUT2D eigenvalue weighted by Gasteiger charge is -2.16. The summed E-state index contributed by atoms with van der Waals surface area (Å²) in [5, 5.41) is 15.8. The maximum atomic E-state index is 5.18. The molecule has 26 rings (SSSR count). The highest BCUT2D eigenvalue weighted by molar-refractivity contribution is 6.20. The zero-order chi connectivity index (χ0) is 91.9. The molecule has 0 saturated carbocycles. The van der Waals surface area contributed by atoms with Crippen molar-refractivity contribution in [1.29, 1.82) is 0 Å². The Hall–Kier alpha value is -18.7. The smallest absolute Gasteiger partial charge is 0.162 e. The van der Waals surface area contributed by atoms with Crippen LogP contribution in [0.4, 0.5) is 0 Å². The Bertz CT molecular complexity index is 8370. The molecule has 7 aromatic heterocycles. The number of benzene rings is 19. The largest absolute Gasteiger partial charge is 0.265 e. The van der Waals surface area contributed by atoms with Crippen molar-refractivity contribution in [2.24, 2.45) is 0 Å². The quantitative estimate of drug-likeness (QED) is 0.102. The summed E-state index contributed by atoms with van der Waals surface area (Å²) in [5.74, 6) is 2.86. The summed E-state index contributed by atoms with van der Waals surface area (Å²) < 4.78 is 0. The van der Waals surface area contributed by atoms with Gasteiger partial charge in [0, 0.05) is 113 Å². The van der Waals surface area contributed by atoms with E-state index in [0.29, 0.717) is 11.6 Å². The fourth-order valence-electron chi connectivity index (χ4n) is 18.8. The third-order valence-corrected chi connectivity index (χ3v) is 25.3. The van der Waals surface area contributed by atoms with Crippen molar-refractivity contribution < 1.29 is 0 Å². The van der Waals surface area contributed by atoms with Gasteiger partial charge < -0.3 is 0 Å². The van der Waals surface area contributed by atoms with Crippen LogP contribution in [0.3, 0.4) is 0 Å². The maximum absolute atomic E-state index is 5.18. The zero-order valence-corrected chi connectivity index (χ0v) is 74.8. The summed E-state index contributed by atoms with van der Waals surface area (Å²) in [6.07, 6.45) is 9.06. The van der Waals surface area contributed by atoms with Crippen molar-refractivity contribution in [3.05, 3.63) is 504 Å². The number of nitrogens with zero attached hydrogens (tertiary/aromatic N) is 11. The predicted octanol–water partition coefficient (Wildman–Crippen LogP) is 32.1. The Balaban J connectivity index is 0.000000104. The summed E-state index contributed by atoms with van der Waals surface area (Å²) in [6.45, 7) is 0. The van der Waals surface area contributed by atoms with Crippen LogP contribution in [0.5, 0.6) is 0 Å². The fourth-order valence-corrected chi connectivity index (χ4v) is 18.8. The van der Waals surface area contributed by atoms with Gasteiger partial charge in [0.05, 0.1) is 44.8 Å². The summed E-state index contributed by atoms with van der Waals surface area (Å²) in [7, 11) is 0. The molecule has 0 aliphatic heterocycles. The molecule has 0 aliphatic rings. The number of fused-ring (bicyclic) bond motifs is 13. The van der Waals surface area contributed by atoms with E-state index >= 15 is 0 Å². The van der Waals surface area contributed by atoms with Crippen molar-refractivity contribution in [3.8, 4) is 146 Å². The van der Waals surface area contributed by atoms with Gasteiger partial charge in [-0.05, 0) is 155 Å². The molecule has 138 heavy (non-hydrogen) atoms. The molecule has 0 aliphatic carbocycles. The van der Waals surface area contributed by atoms with Crippen molar-refractivity contribution in [1.82, 2.24) is 54.8 Å². The number of hydrogen-bond donors (Lipinski definition) is 0. The molecule has 19 aromatic carbocycles. The summed E-state index contributed by atoms with van der Waals surface area (Å²) in [4.78, 5) is 53.7. The van der Waals surface area contributed by atoms with Crippen LogP contribution in [0, 0.1) is 0 Å². The van der Waals surface area contributed by atoms with E-state index in [1.54, 1.807) is 6.20 Å². The van der Waals surface area contributed by atoms with Gasteiger partial charge in [0.25, 0.3) is 0 Å². The highest BCUT2D eigenvalue weighted by atomic mass is 14.9. The van der Waals surface area contributed by atoms with Gasteiger partial charge in [0.15, 0.2) is 23.3 Å². The molecule has 0 amide bonds. The highest BCUT2D eigenvalue weighted by Gasteiger charge is 2.24. The minimum atomic E-state index is 0.682. The first-order valence-corrected chi connectivity index (χ1v) is 46.2. The Morgan fingerprint density at radius 2 is 0.420 bits per heavy atom. The van der Waals surface area contributed by atoms with E-state index in [1.165, 1.54) is 76.8 Å². The van der Waals surface area contributed by atoms with Crippen LogP contribution in [0.1, 0.15) is 0 Å². The molecule has 0 unspecified atom stereocenters. The fraction of sp³-hybridized carbons (Fsp3) is 0. The third-order valence-electron chi connectivity index (χ3n) is 25.3. The van der Waals surface area contributed by atoms with Crippen LogP contribution in [-0.2, 0) is 0 Å². The number of pyridine rings is 3. The first kappa shape index (κ1) is 83.6. The first-order valence-electron chi connectivity index (χ1n) is 46.2. The molecule has 26 aromatic rings. The van der Waals surface area contributed by atoms with E-state index in [4.69, 9.17) is 39.9 Å². The maximum Gasteiger partial charge on any atom is 0.162 e. The van der Waals surface area contributed by atoms with Crippen LogP contribution in [0.15, 0.2) is 504 Å². The monoisotopic (exact) mass is 1760 g/mol. The molecule has 0 saturated heterocycles. The highest BCUT2D eigenvalue weighted by Crippen LogP contribution is 2.46. The Morgan fingerprint density at radius 3 is 0.797 bits per heavy atom. The van der Waals surface area contributed by atoms with Crippen LogP contribution >= 0.6 is 0 Å². The molecule has 0 fully saturated rings. The van der Waals surface area contributed by atoms with E-state index in [0.717, 1.165) is 155 Å². The van der Waals surface area contributed by atoms with E-state index in [9.17, 15) is 0 Å². The Kier molecular flexibility index (Phi) is 22.9. The second-order valence-electron chi connectivity index (χ2n) is 33.8. The van der Waals surface area contributed by atoms with Crippen LogP contribution in [0.2, 0.25) is 0 Å². The molecule has 0 radical (unpaired) electrons. The summed E-state index contributed by atoms with van der Waals surface area (Å²) >= 11 is 0. The van der Waals surface area contributed by atoms with Crippen LogP contribution < -0.4 is 0 Å². The van der Waals surface area contributed by atoms with Crippen molar-refractivity contribution in [3.63, 3.8) is 0 Å². The van der Waals surface area contributed by atoms with Crippen molar-refractivity contribution in [2.45, 2.75) is 0 Å². The first-order chi connectivity index (χ1) is 68.5. The minimum absolute atomic E-state index is 0.682. The van der Waals surface area contributed by atoms with Crippen molar-refractivity contribution >= 4 is 97.5 Å². The molecule has 0 spiro atoms. The lowest BCUT2D eigenvalue weighted by molar-refractivity contribution is 1.20. The summed E-state index contributed by atoms with van der Waals surface area (Å²) in [6, 6.07) is 164. The van der Waals surface area contributed by atoms with E-state index in [1.807, 2.05) is 164 Å². The normalized spacial score (nSPS) is 11.2. The van der Waals surface area contributed by atoms with E-state index in [-0.39, 0.29) is 0 Å². The molecule has 0 atom stereocenters. The van der Waals surface area contributed by atoms with Gasteiger partial charge in [-0.3, -0.25) is 15.0 Å². The Labute approximate surface area is 797 Å². The van der Waals surface area contributed by atoms with Gasteiger partial charge in [-0.2, -0.15) is 0 Å². The number of aromatic nitrogens is 11. The standard InChI is InChI=1S/C40H26N2.3C29H19N3/c1-3-14-28(15-4-1)38-37-26-36(31-20-11-19-30(25-31)33-24-12-18-27-13-7-8-21-32(27)33)34-22-9-10-23-35(34)39(37)42-40(41-38)29-16-5-2-6-17-29;1-3-11-20(12-4-1)24-19-25-27(23-16-8-7-15-22(23)24)31-29(21-13-5-2-6-14-21)32-28(25)26-17-9-10-18-30-26;1-3-10-20(11-4-1)25-18-26-27(21-12-5-2-6-13-21)31-29(22-14-9-17-30-19-22)32-28(26)24-16-8-7-15-23(24)25;1-3-9-21(10-4-1)27-26-19-25(20-15-17-30-18-16-20)23-13-7-8-14-24(23)28(26)32-29(31-27)22-11-5-2-6-12-22/h1-26H;3*1-19H. The van der Waals surface area contributed by atoms with Gasteiger partial charge >= 0.3 is 0 Å². The molecular weight excluding hydrogens is 1680 g/mol. The van der Waals surface area contributed by atoms with Gasteiger partial charge in [0.1, 0.15) is 5.69 Å². The molecular formula is C127H83N11. The lowest BCUT2D eigenvalue weighted by Crippen LogP contribution is -1.98. The molecule has 11 nitrogen and oxygen atoms in total. The van der Waals surface area contributed by atoms with E-state index < -0.39 is 0 Å². The van der Waals surface area contributed by atoms with Gasteiger partial charge in [-0.15, -0.1) is 0 Å². The zero-order valence-electron chi connectivity index (χ0n) is 74.8. The number of hydrogen-bond acceptors (Lipinski definition) is 11. The average molecular weight is 1760 g/mol. The van der Waals surface area contributed by atoms with E-state index in [2.05, 4.69) is 349 Å². The third kappa shape index (κ3) is 16.7. The minimum Gasteiger partial charge on any atom is -0.265 e. The van der Waals surface area contributed by atoms with Crippen LogP contribution in [-0.4, -0.2) is 54.8 Å². The van der Waals surface area contributed by atoms with Gasteiger partial charge in [0.2, 0.25) is 0 Å². The molecule has 646 valence electrons. The van der Waals surface area contributed by atoms with Gasteiger partial charge in [-0.25, -0.2) is 39.9 Å². The molecule has 0 N–H and O–H groups in total. The lowest BCUT2D eigenvalue weighted by atomic mass is 9.91. The van der Waals surface area contributed by atoms with Gasteiger partial charge in [-0.1, -0.05) is 406 Å². The average Bonchev–Trinajstić information content (AvgIpc) is 0.731. The topological polar surface area (TPSA) is 142 Å². The van der Waals surface area contributed by atoms with Crippen molar-refractivity contribution in [2.75, 3.05) is 0 Å². The Morgan fingerprint density at radius 1 is 0.138 bits per heavy atom.